The van der Waals surface area contributed by atoms with Crippen molar-refractivity contribution >= 4 is 16.7 Å². The number of fused-ring (bicyclic) bond motifs is 2. The van der Waals surface area contributed by atoms with E-state index in [1.165, 1.54) is 28.3 Å². The van der Waals surface area contributed by atoms with E-state index in [9.17, 15) is 10.1 Å². The second kappa shape index (κ2) is 7.64. The molecule has 0 saturated heterocycles. The third-order valence-corrected chi connectivity index (χ3v) is 5.43. The molecule has 0 atom stereocenters. The molecule has 0 aliphatic carbocycles. The number of nitro groups is 1. The molecular weight excluding hydrogens is 382 g/mol. The molecule has 0 saturated carbocycles. The second-order valence-corrected chi connectivity index (χ2v) is 7.44. The topological polar surface area (TPSA) is 89.2 Å². The van der Waals surface area contributed by atoms with E-state index in [0.717, 1.165) is 25.2 Å². The highest BCUT2D eigenvalue weighted by Crippen LogP contribution is 2.25. The number of rotatable bonds is 4. The van der Waals surface area contributed by atoms with Gasteiger partial charge in [0.05, 0.1) is 0 Å². The molecule has 3 heterocycles. The Labute approximate surface area is 172 Å². The van der Waals surface area contributed by atoms with Gasteiger partial charge in [-0.05, 0) is 51.3 Å². The summed E-state index contributed by atoms with van der Waals surface area (Å²) in [5.74, 6) is -0.175. The summed E-state index contributed by atoms with van der Waals surface area (Å²) in [5, 5.41) is 12.2. The third kappa shape index (κ3) is 3.65. The zero-order valence-corrected chi connectivity index (χ0v) is 16.3. The van der Waals surface area contributed by atoms with Crippen molar-refractivity contribution in [3.8, 4) is 17.1 Å². The molecule has 2 aromatic carbocycles. The van der Waals surface area contributed by atoms with Crippen LogP contribution in [0.1, 0.15) is 5.56 Å². The molecule has 1 aliphatic rings. The van der Waals surface area contributed by atoms with Crippen LogP contribution < -0.4 is 4.74 Å². The van der Waals surface area contributed by atoms with Crippen LogP contribution in [0.5, 0.6) is 6.01 Å². The molecule has 8 heteroatoms. The minimum atomic E-state index is -0.491. The number of benzene rings is 2. The lowest BCUT2D eigenvalue weighted by atomic mass is 10.0. The van der Waals surface area contributed by atoms with Crippen molar-refractivity contribution in [3.63, 3.8) is 0 Å². The fourth-order valence-electron chi connectivity index (χ4n) is 3.87. The van der Waals surface area contributed by atoms with Crippen LogP contribution in [0.25, 0.3) is 22.0 Å². The Balaban J connectivity index is 1.32. The summed E-state index contributed by atoms with van der Waals surface area (Å²) in [5.41, 5.74) is 4.73. The number of aromatic nitrogens is 3. The minimum Gasteiger partial charge on any atom is -0.444 e. The zero-order chi connectivity index (χ0) is 20.5. The molecule has 0 amide bonds. The predicted octanol–water partition coefficient (Wildman–Crippen LogP) is 3.83. The number of ether oxygens (including phenoxy) is 1. The lowest BCUT2D eigenvalue weighted by Crippen LogP contribution is -2.33. The standard InChI is InChI=1S/C22H21N5O3/c28-27(29)21-15-26-9-8-25(10-11-30-22(26)24-21)14-16-2-1-3-17(12-16)18-4-5-20-19(13-18)6-7-23-20/h1-7,12-13,15,23H,8-11,14H2. The molecule has 0 unspecified atom stereocenters. The van der Waals surface area contributed by atoms with Crippen molar-refractivity contribution in [2.24, 2.45) is 0 Å². The average Bonchev–Trinajstić information content (AvgIpc) is 3.36. The van der Waals surface area contributed by atoms with Crippen molar-refractivity contribution in [1.82, 2.24) is 19.4 Å². The van der Waals surface area contributed by atoms with Gasteiger partial charge in [-0.15, -0.1) is 0 Å². The van der Waals surface area contributed by atoms with Crippen LogP contribution >= 0.6 is 0 Å². The first-order valence-electron chi connectivity index (χ1n) is 9.89. The average molecular weight is 403 g/mol. The maximum absolute atomic E-state index is 11.0. The minimum absolute atomic E-state index is 0.175. The monoisotopic (exact) mass is 403 g/mol. The Morgan fingerprint density at radius 1 is 1.10 bits per heavy atom. The SMILES string of the molecule is O=[N+]([O-])c1cn2c(n1)OCCN(Cc1cccc(-c3ccc4[nH]ccc4c3)c1)CC2. The smallest absolute Gasteiger partial charge is 0.414 e. The Hall–Kier alpha value is -3.65. The first-order valence-corrected chi connectivity index (χ1v) is 9.89. The Morgan fingerprint density at radius 3 is 2.90 bits per heavy atom. The van der Waals surface area contributed by atoms with E-state index in [2.05, 4.69) is 63.4 Å². The molecular formula is C22H21N5O3. The first-order chi connectivity index (χ1) is 14.7. The lowest BCUT2D eigenvalue weighted by Gasteiger charge is -2.24. The summed E-state index contributed by atoms with van der Waals surface area (Å²) in [4.78, 5) is 19.9. The molecule has 2 aromatic heterocycles. The van der Waals surface area contributed by atoms with E-state index in [4.69, 9.17) is 4.74 Å². The number of nitrogens with zero attached hydrogens (tertiary/aromatic N) is 4. The van der Waals surface area contributed by atoms with E-state index in [-0.39, 0.29) is 5.82 Å². The number of hydrogen-bond donors (Lipinski definition) is 1. The fraction of sp³-hybridized carbons (Fsp3) is 0.227. The van der Waals surface area contributed by atoms with Crippen LogP contribution in [0.4, 0.5) is 5.82 Å². The highest BCUT2D eigenvalue weighted by molar-refractivity contribution is 5.85. The van der Waals surface area contributed by atoms with Crippen molar-refractivity contribution < 1.29 is 9.66 Å². The summed E-state index contributed by atoms with van der Waals surface area (Å²) in [6.45, 7) is 3.33. The van der Waals surface area contributed by atoms with Crippen LogP contribution in [-0.4, -0.2) is 44.1 Å². The fourth-order valence-corrected chi connectivity index (χ4v) is 3.87. The highest BCUT2D eigenvalue weighted by Gasteiger charge is 2.22. The summed E-state index contributed by atoms with van der Waals surface area (Å²) in [7, 11) is 0. The van der Waals surface area contributed by atoms with Gasteiger partial charge in [0.25, 0.3) is 0 Å². The molecule has 8 nitrogen and oxygen atoms in total. The van der Waals surface area contributed by atoms with Gasteiger partial charge < -0.3 is 19.8 Å². The van der Waals surface area contributed by atoms with Crippen molar-refractivity contribution in [2.45, 2.75) is 13.1 Å². The molecule has 30 heavy (non-hydrogen) atoms. The summed E-state index contributed by atoms with van der Waals surface area (Å²) in [6, 6.07) is 17.4. The van der Waals surface area contributed by atoms with E-state index < -0.39 is 4.92 Å². The van der Waals surface area contributed by atoms with Gasteiger partial charge in [0.15, 0.2) is 0 Å². The van der Waals surface area contributed by atoms with Gasteiger partial charge in [0.1, 0.15) is 12.8 Å². The van der Waals surface area contributed by atoms with Gasteiger partial charge in [-0.3, -0.25) is 9.47 Å². The van der Waals surface area contributed by atoms with Crippen LogP contribution in [0, 0.1) is 10.1 Å². The van der Waals surface area contributed by atoms with Crippen LogP contribution in [0.2, 0.25) is 0 Å². The molecule has 0 spiro atoms. The summed E-state index contributed by atoms with van der Waals surface area (Å²) in [6.07, 6.45) is 3.39. The quantitative estimate of drug-likeness (QED) is 0.413. The van der Waals surface area contributed by atoms with Gasteiger partial charge in [0.2, 0.25) is 0 Å². The van der Waals surface area contributed by atoms with Crippen molar-refractivity contribution in [3.05, 3.63) is 76.6 Å². The Morgan fingerprint density at radius 2 is 2.00 bits per heavy atom. The van der Waals surface area contributed by atoms with Gasteiger partial charge >= 0.3 is 11.8 Å². The van der Waals surface area contributed by atoms with Gasteiger partial charge in [-0.2, -0.15) is 0 Å². The largest absolute Gasteiger partial charge is 0.444 e. The predicted molar refractivity (Wildman–Crippen MR) is 113 cm³/mol. The van der Waals surface area contributed by atoms with E-state index in [1.54, 1.807) is 4.57 Å². The summed E-state index contributed by atoms with van der Waals surface area (Å²) >= 11 is 0. The molecule has 1 aliphatic heterocycles. The molecule has 0 bridgehead atoms. The molecule has 0 radical (unpaired) electrons. The second-order valence-electron chi connectivity index (χ2n) is 7.44. The van der Waals surface area contributed by atoms with E-state index in [1.807, 2.05) is 6.20 Å². The molecule has 5 rings (SSSR count). The highest BCUT2D eigenvalue weighted by atomic mass is 16.6. The summed E-state index contributed by atoms with van der Waals surface area (Å²) < 4.78 is 7.37. The number of nitrogens with one attached hydrogen (secondary N) is 1. The van der Waals surface area contributed by atoms with Crippen molar-refractivity contribution in [1.29, 1.82) is 0 Å². The van der Waals surface area contributed by atoms with Crippen molar-refractivity contribution in [2.75, 3.05) is 19.7 Å². The maximum Gasteiger partial charge on any atom is 0.414 e. The zero-order valence-electron chi connectivity index (χ0n) is 16.3. The Bertz CT molecular complexity index is 1210. The lowest BCUT2D eigenvalue weighted by molar-refractivity contribution is -0.389. The molecule has 4 aromatic rings. The van der Waals surface area contributed by atoms with E-state index in [0.29, 0.717) is 19.2 Å². The normalized spacial score (nSPS) is 14.7. The van der Waals surface area contributed by atoms with Gasteiger partial charge in [-0.25, -0.2) is 0 Å². The van der Waals surface area contributed by atoms with Gasteiger partial charge in [0, 0.05) is 42.9 Å². The number of H-pyrrole nitrogens is 1. The molecule has 152 valence electrons. The van der Waals surface area contributed by atoms with Crippen LogP contribution in [0.3, 0.4) is 0 Å². The third-order valence-electron chi connectivity index (χ3n) is 5.43. The van der Waals surface area contributed by atoms with Crippen LogP contribution in [0.15, 0.2) is 60.9 Å². The Kier molecular flexibility index (Phi) is 4.68. The number of imidazole rings is 1. The van der Waals surface area contributed by atoms with Gasteiger partial charge in [-0.1, -0.05) is 24.3 Å². The first kappa shape index (κ1) is 18.4. The molecule has 1 N–H and O–H groups in total. The number of aromatic amines is 1. The maximum atomic E-state index is 11.0. The number of hydrogen-bond acceptors (Lipinski definition) is 5. The van der Waals surface area contributed by atoms with Crippen LogP contribution in [-0.2, 0) is 13.1 Å². The van der Waals surface area contributed by atoms with E-state index >= 15 is 0 Å². The molecule has 0 fully saturated rings.